The molecule has 0 aromatic heterocycles. The molecule has 0 radical (unpaired) electrons. The van der Waals surface area contributed by atoms with E-state index in [9.17, 15) is 4.79 Å². The predicted octanol–water partition coefficient (Wildman–Crippen LogP) is 2.76. The van der Waals surface area contributed by atoms with Gasteiger partial charge in [-0.15, -0.1) is 0 Å². The van der Waals surface area contributed by atoms with E-state index in [4.69, 9.17) is 4.74 Å². The van der Waals surface area contributed by atoms with Crippen LogP contribution in [0.25, 0.3) is 0 Å². The molecule has 0 heterocycles. The Hall–Kier alpha value is -0.530. The van der Waals surface area contributed by atoms with Crippen LogP contribution in [0.15, 0.2) is 0 Å². The van der Waals surface area contributed by atoms with Gasteiger partial charge in [-0.05, 0) is 55.8 Å². The molecule has 2 nitrogen and oxygen atoms in total. The number of fused-ring (bicyclic) bond motifs is 1. The molecule has 0 aromatic carbocycles. The largest absolute Gasteiger partial charge is 0.462 e. The molecule has 0 aromatic rings. The fourth-order valence-electron chi connectivity index (χ4n) is 4.38. The van der Waals surface area contributed by atoms with E-state index < -0.39 is 0 Å². The SMILES string of the molecule is CC(=O)OC1[C@@H]2C[C@@H]3CC[C@H]1C[C@@H](C3)C2. The molecule has 0 saturated heterocycles. The van der Waals surface area contributed by atoms with Crippen LogP contribution in [0, 0.1) is 23.7 Å². The third-order valence-corrected chi connectivity index (χ3v) is 4.75. The summed E-state index contributed by atoms with van der Waals surface area (Å²) in [5, 5.41) is 0. The van der Waals surface area contributed by atoms with Crippen LogP contribution >= 0.6 is 0 Å². The summed E-state index contributed by atoms with van der Waals surface area (Å²) in [5.41, 5.74) is 0. The van der Waals surface area contributed by atoms with Crippen LogP contribution in [-0.4, -0.2) is 12.1 Å². The molecule has 5 atom stereocenters. The molecule has 4 saturated carbocycles. The summed E-state index contributed by atoms with van der Waals surface area (Å²) in [6.45, 7) is 1.56. The van der Waals surface area contributed by atoms with E-state index in [-0.39, 0.29) is 12.1 Å². The fraction of sp³-hybridized carbons (Fsp3) is 0.923. The Bertz CT molecular complexity index is 266. The van der Waals surface area contributed by atoms with E-state index >= 15 is 0 Å². The lowest BCUT2D eigenvalue weighted by molar-refractivity contribution is -0.157. The molecule has 4 aliphatic rings. The molecule has 0 aliphatic heterocycles. The van der Waals surface area contributed by atoms with Crippen molar-refractivity contribution in [1.29, 1.82) is 0 Å². The first-order valence-electron chi connectivity index (χ1n) is 6.39. The smallest absolute Gasteiger partial charge is 0.302 e. The Balaban J connectivity index is 1.81. The Morgan fingerprint density at radius 1 is 1.00 bits per heavy atom. The van der Waals surface area contributed by atoms with E-state index in [0.29, 0.717) is 11.8 Å². The second kappa shape index (κ2) is 3.50. The van der Waals surface area contributed by atoms with Gasteiger partial charge in [-0.25, -0.2) is 0 Å². The first-order valence-corrected chi connectivity index (χ1v) is 6.39. The van der Waals surface area contributed by atoms with Crippen LogP contribution in [0.1, 0.15) is 45.4 Å². The summed E-state index contributed by atoms with van der Waals surface area (Å²) in [5.74, 6) is 3.20. The topological polar surface area (TPSA) is 26.3 Å². The number of carbonyl (C=O) groups excluding carboxylic acids is 1. The van der Waals surface area contributed by atoms with Gasteiger partial charge in [0.15, 0.2) is 0 Å². The zero-order chi connectivity index (χ0) is 10.4. The molecule has 2 heteroatoms. The van der Waals surface area contributed by atoms with Crippen molar-refractivity contribution in [2.75, 3.05) is 0 Å². The van der Waals surface area contributed by atoms with Gasteiger partial charge in [-0.1, -0.05) is 6.42 Å². The van der Waals surface area contributed by atoms with Crippen LogP contribution in [0.4, 0.5) is 0 Å². The summed E-state index contributed by atoms with van der Waals surface area (Å²) < 4.78 is 5.57. The summed E-state index contributed by atoms with van der Waals surface area (Å²) >= 11 is 0. The molecule has 0 spiro atoms. The van der Waals surface area contributed by atoms with Crippen LogP contribution in [0.3, 0.4) is 0 Å². The van der Waals surface area contributed by atoms with Gasteiger partial charge >= 0.3 is 5.97 Å². The normalized spacial score (nSPS) is 47.7. The van der Waals surface area contributed by atoms with Gasteiger partial charge in [0.2, 0.25) is 0 Å². The molecule has 4 fully saturated rings. The third-order valence-electron chi connectivity index (χ3n) is 4.75. The number of hydrogen-bond donors (Lipinski definition) is 0. The maximum absolute atomic E-state index is 11.1. The van der Waals surface area contributed by atoms with E-state index in [1.54, 1.807) is 6.92 Å². The van der Waals surface area contributed by atoms with Gasteiger partial charge in [0.1, 0.15) is 6.10 Å². The van der Waals surface area contributed by atoms with Crippen molar-refractivity contribution in [1.82, 2.24) is 0 Å². The number of rotatable bonds is 1. The highest BCUT2D eigenvalue weighted by molar-refractivity contribution is 5.66. The lowest BCUT2D eigenvalue weighted by Crippen LogP contribution is -2.41. The highest BCUT2D eigenvalue weighted by Crippen LogP contribution is 2.52. The first kappa shape index (κ1) is 9.68. The monoisotopic (exact) mass is 208 g/mol. The van der Waals surface area contributed by atoms with Gasteiger partial charge in [0.05, 0.1) is 0 Å². The Morgan fingerprint density at radius 2 is 1.73 bits per heavy atom. The van der Waals surface area contributed by atoms with E-state index in [1.165, 1.54) is 38.5 Å². The Kier molecular flexibility index (Phi) is 2.26. The lowest BCUT2D eigenvalue weighted by atomic mass is 9.66. The Labute approximate surface area is 91.4 Å². The molecule has 4 aliphatic carbocycles. The number of esters is 1. The van der Waals surface area contributed by atoms with Crippen molar-refractivity contribution in [2.24, 2.45) is 23.7 Å². The summed E-state index contributed by atoms with van der Waals surface area (Å²) in [6, 6.07) is 0. The van der Waals surface area contributed by atoms with Crippen molar-refractivity contribution in [3.05, 3.63) is 0 Å². The predicted molar refractivity (Wildman–Crippen MR) is 57.2 cm³/mol. The van der Waals surface area contributed by atoms with Gasteiger partial charge < -0.3 is 4.74 Å². The zero-order valence-electron chi connectivity index (χ0n) is 9.45. The second-order valence-electron chi connectivity index (χ2n) is 5.85. The van der Waals surface area contributed by atoms with Crippen LogP contribution in [-0.2, 0) is 9.53 Å². The van der Waals surface area contributed by atoms with E-state index in [0.717, 1.165) is 11.8 Å². The highest BCUT2D eigenvalue weighted by Gasteiger charge is 2.46. The number of hydrogen-bond acceptors (Lipinski definition) is 2. The Morgan fingerprint density at radius 3 is 2.53 bits per heavy atom. The molecule has 15 heavy (non-hydrogen) atoms. The molecule has 0 N–H and O–H groups in total. The second-order valence-corrected chi connectivity index (χ2v) is 5.85. The third kappa shape index (κ3) is 1.68. The van der Waals surface area contributed by atoms with Crippen molar-refractivity contribution in [3.63, 3.8) is 0 Å². The average Bonchev–Trinajstić information content (AvgIpc) is 2.38. The first-order chi connectivity index (χ1) is 7.22. The average molecular weight is 208 g/mol. The molecule has 4 bridgehead atoms. The van der Waals surface area contributed by atoms with Crippen molar-refractivity contribution < 1.29 is 9.53 Å². The van der Waals surface area contributed by atoms with E-state index in [1.807, 2.05) is 0 Å². The van der Waals surface area contributed by atoms with Crippen LogP contribution < -0.4 is 0 Å². The quantitative estimate of drug-likeness (QED) is 0.619. The van der Waals surface area contributed by atoms with Gasteiger partial charge in [-0.2, -0.15) is 0 Å². The van der Waals surface area contributed by atoms with Gasteiger partial charge in [-0.3, -0.25) is 4.79 Å². The minimum absolute atomic E-state index is 0.0764. The number of ether oxygens (including phenoxy) is 1. The molecule has 84 valence electrons. The van der Waals surface area contributed by atoms with Gasteiger partial charge in [0.25, 0.3) is 0 Å². The van der Waals surface area contributed by atoms with Crippen LogP contribution in [0.2, 0.25) is 0 Å². The van der Waals surface area contributed by atoms with Crippen molar-refractivity contribution >= 4 is 5.97 Å². The molecule has 1 unspecified atom stereocenters. The zero-order valence-corrected chi connectivity index (χ0v) is 9.45. The molecule has 0 amide bonds. The maximum Gasteiger partial charge on any atom is 0.302 e. The highest BCUT2D eigenvalue weighted by atomic mass is 16.5. The fourth-order valence-corrected chi connectivity index (χ4v) is 4.38. The molecule has 4 rings (SSSR count). The summed E-state index contributed by atoms with van der Waals surface area (Å²) in [4.78, 5) is 11.1. The maximum atomic E-state index is 11.1. The molecular weight excluding hydrogens is 188 g/mol. The van der Waals surface area contributed by atoms with Crippen LogP contribution in [0.5, 0.6) is 0 Å². The standard InChI is InChI=1S/C13H20O2/c1-8(14)15-13-11-3-2-9-4-10(6-11)7-12(13)5-9/h9-13H,2-7H2,1H3/t9-,10-,11+,12-,13?/m1/s1. The summed E-state index contributed by atoms with van der Waals surface area (Å²) in [7, 11) is 0. The van der Waals surface area contributed by atoms with Crippen molar-refractivity contribution in [3.8, 4) is 0 Å². The van der Waals surface area contributed by atoms with Crippen molar-refractivity contribution in [2.45, 2.75) is 51.6 Å². The minimum atomic E-state index is -0.0764. The molecular formula is C13H20O2. The van der Waals surface area contributed by atoms with Gasteiger partial charge in [0, 0.05) is 6.92 Å². The number of carbonyl (C=O) groups is 1. The van der Waals surface area contributed by atoms with E-state index in [2.05, 4.69) is 0 Å². The summed E-state index contributed by atoms with van der Waals surface area (Å²) in [6.07, 6.45) is 8.38. The minimum Gasteiger partial charge on any atom is -0.462 e. The lowest BCUT2D eigenvalue weighted by Gasteiger charge is -2.43.